The van der Waals surface area contributed by atoms with Crippen molar-refractivity contribution in [2.24, 2.45) is 0 Å². The molecule has 0 fully saturated rings. The van der Waals surface area contributed by atoms with E-state index in [-0.39, 0.29) is 17.8 Å². The van der Waals surface area contributed by atoms with E-state index in [4.69, 9.17) is 4.74 Å². The molecule has 0 heterocycles. The van der Waals surface area contributed by atoms with Gasteiger partial charge in [-0.3, -0.25) is 4.79 Å². The molecule has 0 amide bonds. The summed E-state index contributed by atoms with van der Waals surface area (Å²) < 4.78 is 18.6. The summed E-state index contributed by atoms with van der Waals surface area (Å²) >= 11 is 0. The molecule has 2 rings (SSSR count). The van der Waals surface area contributed by atoms with Crippen LogP contribution in [0.25, 0.3) is 0 Å². The molecule has 0 radical (unpaired) electrons. The first kappa shape index (κ1) is 15.0. The Morgan fingerprint density at radius 1 is 1.14 bits per heavy atom. The van der Waals surface area contributed by atoms with Crippen LogP contribution in [0.5, 0.6) is 5.75 Å². The number of methoxy groups -OCH3 is 1. The molecular weight excluding hydrogens is 269 g/mol. The fourth-order valence-corrected chi connectivity index (χ4v) is 2.06. The third kappa shape index (κ3) is 3.81. The summed E-state index contributed by atoms with van der Waals surface area (Å²) in [7, 11) is 3.52. The topological polar surface area (TPSA) is 29.5 Å². The molecule has 0 saturated heterocycles. The fourth-order valence-electron chi connectivity index (χ4n) is 2.06. The highest BCUT2D eigenvalue weighted by molar-refractivity contribution is 5.96. The average molecular weight is 287 g/mol. The number of carbonyl (C=O) groups is 1. The third-order valence-electron chi connectivity index (χ3n) is 3.36. The molecule has 0 N–H and O–H groups in total. The molecule has 0 aliphatic rings. The maximum Gasteiger partial charge on any atom is 0.167 e. The van der Waals surface area contributed by atoms with Gasteiger partial charge in [-0.15, -0.1) is 0 Å². The molecule has 0 aromatic heterocycles. The Labute approximate surface area is 124 Å². The quantitative estimate of drug-likeness (QED) is 0.761. The normalized spacial score (nSPS) is 10.2. The smallest absolute Gasteiger partial charge is 0.167 e. The summed E-state index contributed by atoms with van der Waals surface area (Å²) in [5.41, 5.74) is 1.14. The zero-order valence-electron chi connectivity index (χ0n) is 12.2. The number of benzene rings is 2. The summed E-state index contributed by atoms with van der Waals surface area (Å²) in [6.07, 6.45) is 0.267. The lowest BCUT2D eigenvalue weighted by Crippen LogP contribution is -2.21. The number of ether oxygens (including phenoxy) is 1. The van der Waals surface area contributed by atoms with E-state index in [0.29, 0.717) is 6.54 Å². The standard InChI is InChI=1S/C17H18FNO2/c1-19(13-7-9-14(21-2)10-8-13)12-11-17(20)15-5-3-4-6-16(15)18/h3-10H,11-12H2,1-2H3. The van der Waals surface area contributed by atoms with Crippen LogP contribution in [0.15, 0.2) is 48.5 Å². The van der Waals surface area contributed by atoms with Crippen molar-refractivity contribution in [2.75, 3.05) is 25.6 Å². The Morgan fingerprint density at radius 3 is 2.43 bits per heavy atom. The lowest BCUT2D eigenvalue weighted by Gasteiger charge is -2.19. The van der Waals surface area contributed by atoms with Crippen molar-refractivity contribution in [2.45, 2.75) is 6.42 Å². The van der Waals surface area contributed by atoms with Crippen LogP contribution in [-0.2, 0) is 0 Å². The molecule has 0 aliphatic heterocycles. The molecule has 0 bridgehead atoms. The van der Waals surface area contributed by atoms with Crippen molar-refractivity contribution in [1.82, 2.24) is 0 Å². The lowest BCUT2D eigenvalue weighted by atomic mass is 10.1. The lowest BCUT2D eigenvalue weighted by molar-refractivity contribution is 0.0981. The number of hydrogen-bond donors (Lipinski definition) is 0. The summed E-state index contributed by atoms with van der Waals surface area (Å²) in [6, 6.07) is 13.7. The van der Waals surface area contributed by atoms with E-state index >= 15 is 0 Å². The Bertz CT molecular complexity index is 610. The number of halogens is 1. The highest BCUT2D eigenvalue weighted by Gasteiger charge is 2.12. The van der Waals surface area contributed by atoms with E-state index in [2.05, 4.69) is 0 Å². The van der Waals surface area contributed by atoms with Crippen LogP contribution in [0.3, 0.4) is 0 Å². The minimum absolute atomic E-state index is 0.153. The van der Waals surface area contributed by atoms with Crippen LogP contribution in [0.4, 0.5) is 10.1 Å². The summed E-state index contributed by atoms with van der Waals surface area (Å²) in [5, 5.41) is 0. The minimum Gasteiger partial charge on any atom is -0.497 e. The molecule has 110 valence electrons. The molecule has 21 heavy (non-hydrogen) atoms. The molecular formula is C17H18FNO2. The van der Waals surface area contributed by atoms with Gasteiger partial charge in [0.15, 0.2) is 5.78 Å². The third-order valence-corrected chi connectivity index (χ3v) is 3.36. The Kier molecular flexibility index (Phi) is 4.93. The van der Waals surface area contributed by atoms with E-state index < -0.39 is 5.82 Å². The Hall–Kier alpha value is -2.36. The maximum absolute atomic E-state index is 13.5. The first-order valence-corrected chi connectivity index (χ1v) is 6.74. The van der Waals surface area contributed by atoms with E-state index in [1.807, 2.05) is 36.2 Å². The van der Waals surface area contributed by atoms with Gasteiger partial charge in [-0.1, -0.05) is 12.1 Å². The summed E-state index contributed by atoms with van der Waals surface area (Å²) in [5.74, 6) is 0.137. The van der Waals surface area contributed by atoms with Crippen LogP contribution >= 0.6 is 0 Å². The molecule has 4 heteroatoms. The van der Waals surface area contributed by atoms with Crippen LogP contribution in [0.2, 0.25) is 0 Å². The second kappa shape index (κ2) is 6.88. The number of anilines is 1. The largest absolute Gasteiger partial charge is 0.497 e. The van der Waals surface area contributed by atoms with Gasteiger partial charge in [-0.25, -0.2) is 4.39 Å². The van der Waals surface area contributed by atoms with Crippen molar-refractivity contribution in [3.05, 3.63) is 59.9 Å². The Morgan fingerprint density at radius 2 is 1.81 bits per heavy atom. The molecule has 3 nitrogen and oxygen atoms in total. The monoisotopic (exact) mass is 287 g/mol. The van der Waals surface area contributed by atoms with Gasteiger partial charge in [0.25, 0.3) is 0 Å². The van der Waals surface area contributed by atoms with Crippen molar-refractivity contribution >= 4 is 11.5 Å². The summed E-state index contributed by atoms with van der Waals surface area (Å²) in [4.78, 5) is 14.0. The first-order chi connectivity index (χ1) is 10.1. The molecule has 0 aliphatic carbocycles. The number of Topliss-reactive ketones (excluding diaryl/α,β-unsaturated/α-hetero) is 1. The van der Waals surface area contributed by atoms with Crippen molar-refractivity contribution in [3.63, 3.8) is 0 Å². The van der Waals surface area contributed by atoms with Crippen molar-refractivity contribution in [1.29, 1.82) is 0 Å². The van der Waals surface area contributed by atoms with Gasteiger partial charge in [-0.05, 0) is 36.4 Å². The van der Waals surface area contributed by atoms with Gasteiger partial charge in [0.1, 0.15) is 11.6 Å². The van der Waals surface area contributed by atoms with E-state index in [1.165, 1.54) is 12.1 Å². The zero-order chi connectivity index (χ0) is 15.2. The van der Waals surface area contributed by atoms with Gasteiger partial charge in [-0.2, -0.15) is 0 Å². The number of carbonyl (C=O) groups excluding carboxylic acids is 1. The molecule has 0 unspecified atom stereocenters. The Balaban J connectivity index is 1.95. The van der Waals surface area contributed by atoms with Gasteiger partial charge in [0.05, 0.1) is 12.7 Å². The average Bonchev–Trinajstić information content (AvgIpc) is 2.52. The van der Waals surface area contributed by atoms with Gasteiger partial charge >= 0.3 is 0 Å². The first-order valence-electron chi connectivity index (χ1n) is 6.74. The van der Waals surface area contributed by atoms with Crippen LogP contribution in [0, 0.1) is 5.82 Å². The van der Waals surface area contributed by atoms with E-state index in [1.54, 1.807) is 19.2 Å². The summed E-state index contributed by atoms with van der Waals surface area (Å²) in [6.45, 7) is 0.527. The second-order valence-corrected chi connectivity index (χ2v) is 4.77. The number of nitrogens with zero attached hydrogens (tertiary/aromatic N) is 1. The molecule has 2 aromatic rings. The predicted octanol–water partition coefficient (Wildman–Crippen LogP) is 3.54. The highest BCUT2D eigenvalue weighted by atomic mass is 19.1. The van der Waals surface area contributed by atoms with E-state index in [9.17, 15) is 9.18 Å². The minimum atomic E-state index is -0.463. The molecule has 0 atom stereocenters. The molecule has 2 aromatic carbocycles. The zero-order valence-corrected chi connectivity index (χ0v) is 12.2. The molecule has 0 spiro atoms. The van der Waals surface area contributed by atoms with Gasteiger partial charge in [0, 0.05) is 25.7 Å². The second-order valence-electron chi connectivity index (χ2n) is 4.77. The van der Waals surface area contributed by atoms with Gasteiger partial charge in [0.2, 0.25) is 0 Å². The number of ketones is 1. The molecule has 0 saturated carbocycles. The van der Waals surface area contributed by atoms with Gasteiger partial charge < -0.3 is 9.64 Å². The van der Waals surface area contributed by atoms with Crippen LogP contribution in [-0.4, -0.2) is 26.5 Å². The number of hydrogen-bond acceptors (Lipinski definition) is 3. The van der Waals surface area contributed by atoms with Crippen molar-refractivity contribution < 1.29 is 13.9 Å². The van der Waals surface area contributed by atoms with E-state index in [0.717, 1.165) is 11.4 Å². The SMILES string of the molecule is COc1ccc(N(C)CCC(=O)c2ccccc2F)cc1. The van der Waals surface area contributed by atoms with Crippen LogP contribution < -0.4 is 9.64 Å². The van der Waals surface area contributed by atoms with Crippen molar-refractivity contribution in [3.8, 4) is 5.75 Å². The number of rotatable bonds is 6. The predicted molar refractivity (Wildman–Crippen MR) is 81.6 cm³/mol. The highest BCUT2D eigenvalue weighted by Crippen LogP contribution is 2.18. The fraction of sp³-hybridized carbons (Fsp3) is 0.235. The van der Waals surface area contributed by atoms with Crippen LogP contribution in [0.1, 0.15) is 16.8 Å². The maximum atomic E-state index is 13.5.